The minimum atomic E-state index is 0.286. The number of imidazole rings is 1. The molecule has 0 saturated carbocycles. The summed E-state index contributed by atoms with van der Waals surface area (Å²) < 4.78 is 1.95. The Labute approximate surface area is 114 Å². The van der Waals surface area contributed by atoms with Gasteiger partial charge in [-0.3, -0.25) is 0 Å². The summed E-state index contributed by atoms with van der Waals surface area (Å²) in [6.45, 7) is 0.667. The molecule has 1 aliphatic heterocycles. The first-order valence-corrected chi connectivity index (χ1v) is 6.04. The van der Waals surface area contributed by atoms with Crippen molar-refractivity contribution in [3.05, 3.63) is 40.9 Å². The molecule has 1 aromatic heterocycles. The molecule has 0 unspecified atom stereocenters. The predicted octanol–water partition coefficient (Wildman–Crippen LogP) is 2.19. The van der Waals surface area contributed by atoms with E-state index >= 15 is 0 Å². The minimum Gasteiger partial charge on any atom is -0.397 e. The number of nitriles is 1. The van der Waals surface area contributed by atoms with E-state index in [0.29, 0.717) is 17.8 Å². The minimum absolute atomic E-state index is 0.286. The van der Waals surface area contributed by atoms with Gasteiger partial charge in [0.2, 0.25) is 0 Å². The monoisotopic (exact) mass is 271 g/mol. The van der Waals surface area contributed by atoms with Crippen LogP contribution in [-0.4, -0.2) is 9.55 Å². The van der Waals surface area contributed by atoms with Gasteiger partial charge in [-0.2, -0.15) is 5.26 Å². The van der Waals surface area contributed by atoms with Crippen molar-refractivity contribution in [3.63, 3.8) is 0 Å². The summed E-state index contributed by atoms with van der Waals surface area (Å²) in [7, 11) is 0. The third-order valence-electron chi connectivity index (χ3n) is 3.05. The maximum Gasteiger partial charge on any atom is 0.132 e. The van der Waals surface area contributed by atoms with Crippen LogP contribution in [-0.2, 0) is 6.54 Å². The maximum absolute atomic E-state index is 8.93. The van der Waals surface area contributed by atoms with Crippen molar-refractivity contribution in [1.29, 1.82) is 5.26 Å². The molecule has 0 fully saturated rings. The Morgan fingerprint density at radius 3 is 3.11 bits per heavy atom. The molecule has 0 bridgehead atoms. The van der Waals surface area contributed by atoms with Gasteiger partial charge < -0.3 is 15.6 Å². The van der Waals surface area contributed by atoms with Gasteiger partial charge in [-0.25, -0.2) is 4.98 Å². The first kappa shape index (κ1) is 11.6. The largest absolute Gasteiger partial charge is 0.397 e. The van der Waals surface area contributed by atoms with Gasteiger partial charge in [0.05, 0.1) is 34.7 Å². The van der Waals surface area contributed by atoms with Crippen molar-refractivity contribution in [3.8, 4) is 17.3 Å². The second-order valence-corrected chi connectivity index (χ2v) is 4.50. The molecule has 2 heterocycles. The summed E-state index contributed by atoms with van der Waals surface area (Å²) in [5.41, 5.74) is 8.42. The van der Waals surface area contributed by atoms with Crippen LogP contribution in [0.3, 0.4) is 0 Å². The smallest absolute Gasteiger partial charge is 0.132 e. The van der Waals surface area contributed by atoms with Crippen molar-refractivity contribution in [2.75, 3.05) is 5.73 Å². The number of anilines is 1. The molecule has 1 aromatic carbocycles. The van der Waals surface area contributed by atoms with Gasteiger partial charge in [0.25, 0.3) is 0 Å². The fourth-order valence-electron chi connectivity index (χ4n) is 2.08. The van der Waals surface area contributed by atoms with Crippen molar-refractivity contribution in [2.45, 2.75) is 6.54 Å². The molecule has 19 heavy (non-hydrogen) atoms. The van der Waals surface area contributed by atoms with Gasteiger partial charge in [-0.15, -0.1) is 0 Å². The Hall–Kier alpha value is -2.45. The molecule has 6 heteroatoms. The standard InChI is InChI=1S/C13H10ClN5/c14-12-8(5-15)1-2-9(13(12)16)10-6-18-11-7-17-3-4-19(10)11/h1-4,6,17H,7,16H2. The summed E-state index contributed by atoms with van der Waals surface area (Å²) in [5.74, 6) is 0.900. The number of benzene rings is 1. The van der Waals surface area contributed by atoms with E-state index in [2.05, 4.69) is 10.3 Å². The normalized spacial score (nSPS) is 12.6. The molecule has 3 N–H and O–H groups in total. The topological polar surface area (TPSA) is 79.7 Å². The van der Waals surface area contributed by atoms with E-state index < -0.39 is 0 Å². The quantitative estimate of drug-likeness (QED) is 0.779. The second kappa shape index (κ2) is 4.34. The van der Waals surface area contributed by atoms with Crippen molar-refractivity contribution in [2.24, 2.45) is 0 Å². The van der Waals surface area contributed by atoms with Gasteiger partial charge >= 0.3 is 0 Å². The zero-order chi connectivity index (χ0) is 13.4. The summed E-state index contributed by atoms with van der Waals surface area (Å²) in [4.78, 5) is 4.33. The third-order valence-corrected chi connectivity index (χ3v) is 3.46. The summed E-state index contributed by atoms with van der Waals surface area (Å²) >= 11 is 6.09. The summed E-state index contributed by atoms with van der Waals surface area (Å²) in [6, 6.07) is 5.47. The van der Waals surface area contributed by atoms with Crippen LogP contribution in [0.5, 0.6) is 0 Å². The van der Waals surface area contributed by atoms with E-state index in [-0.39, 0.29) is 5.02 Å². The van der Waals surface area contributed by atoms with Gasteiger partial charge in [0.1, 0.15) is 11.9 Å². The van der Waals surface area contributed by atoms with Gasteiger partial charge in [-0.1, -0.05) is 11.6 Å². The molecule has 0 saturated heterocycles. The van der Waals surface area contributed by atoms with Crippen LogP contribution >= 0.6 is 11.6 Å². The molecule has 2 aromatic rings. The Kier molecular flexibility index (Phi) is 2.65. The number of aromatic nitrogens is 2. The lowest BCUT2D eigenvalue weighted by Gasteiger charge is -2.13. The molecule has 0 amide bonds. The number of halogens is 1. The van der Waals surface area contributed by atoms with Crippen molar-refractivity contribution in [1.82, 2.24) is 14.9 Å². The maximum atomic E-state index is 8.93. The lowest BCUT2D eigenvalue weighted by atomic mass is 10.1. The first-order chi connectivity index (χ1) is 9.22. The van der Waals surface area contributed by atoms with Crippen molar-refractivity contribution >= 4 is 23.5 Å². The SMILES string of the molecule is N#Cc1ccc(-c2cnc3n2C=CNC3)c(N)c1Cl. The van der Waals surface area contributed by atoms with Gasteiger partial charge in [-0.05, 0) is 12.1 Å². The van der Waals surface area contributed by atoms with E-state index in [1.807, 2.05) is 23.0 Å². The van der Waals surface area contributed by atoms with E-state index in [0.717, 1.165) is 17.1 Å². The predicted molar refractivity (Wildman–Crippen MR) is 74.0 cm³/mol. The van der Waals surface area contributed by atoms with E-state index in [1.54, 1.807) is 18.3 Å². The number of nitrogens with one attached hydrogen (secondary N) is 1. The van der Waals surface area contributed by atoms with Crippen LogP contribution in [0.4, 0.5) is 5.69 Å². The number of nitrogen functional groups attached to an aromatic ring is 1. The highest BCUT2D eigenvalue weighted by Gasteiger charge is 2.16. The lowest BCUT2D eigenvalue weighted by molar-refractivity contribution is 0.761. The Morgan fingerprint density at radius 1 is 1.47 bits per heavy atom. The third kappa shape index (κ3) is 1.74. The van der Waals surface area contributed by atoms with Crippen molar-refractivity contribution < 1.29 is 0 Å². The number of fused-ring (bicyclic) bond motifs is 1. The molecule has 0 radical (unpaired) electrons. The van der Waals surface area contributed by atoms with Crippen LogP contribution in [0.25, 0.3) is 17.5 Å². The number of nitrogens with zero attached hydrogens (tertiary/aromatic N) is 3. The fourth-order valence-corrected chi connectivity index (χ4v) is 2.28. The van der Waals surface area contributed by atoms with Crippen LogP contribution < -0.4 is 11.1 Å². The van der Waals surface area contributed by atoms with Gasteiger partial charge in [0, 0.05) is 18.0 Å². The van der Waals surface area contributed by atoms with Crippen LogP contribution in [0.2, 0.25) is 5.02 Å². The average Bonchev–Trinajstić information content (AvgIpc) is 2.86. The van der Waals surface area contributed by atoms with E-state index in [9.17, 15) is 0 Å². The van der Waals surface area contributed by atoms with E-state index in [1.165, 1.54) is 0 Å². The molecule has 5 nitrogen and oxygen atoms in total. The second-order valence-electron chi connectivity index (χ2n) is 4.13. The molecule has 0 spiro atoms. The molecule has 3 rings (SSSR count). The molecule has 1 aliphatic rings. The zero-order valence-corrected chi connectivity index (χ0v) is 10.6. The van der Waals surface area contributed by atoms with Crippen LogP contribution in [0.1, 0.15) is 11.4 Å². The summed E-state index contributed by atoms with van der Waals surface area (Å²) in [6.07, 6.45) is 5.48. The summed E-state index contributed by atoms with van der Waals surface area (Å²) in [5, 5.41) is 12.3. The number of rotatable bonds is 1. The Bertz CT molecular complexity index is 723. The lowest BCUT2D eigenvalue weighted by Crippen LogP contribution is -2.14. The number of hydrogen-bond acceptors (Lipinski definition) is 4. The average molecular weight is 272 g/mol. The highest BCUT2D eigenvalue weighted by atomic mass is 35.5. The Morgan fingerprint density at radius 2 is 2.32 bits per heavy atom. The Balaban J connectivity index is 2.20. The van der Waals surface area contributed by atoms with E-state index in [4.69, 9.17) is 22.6 Å². The highest BCUT2D eigenvalue weighted by molar-refractivity contribution is 6.34. The van der Waals surface area contributed by atoms with Gasteiger partial charge in [0.15, 0.2) is 0 Å². The number of hydrogen-bond donors (Lipinski definition) is 2. The highest BCUT2D eigenvalue weighted by Crippen LogP contribution is 2.34. The molecular formula is C13H10ClN5. The van der Waals surface area contributed by atoms with Crippen LogP contribution in [0.15, 0.2) is 24.5 Å². The fraction of sp³-hybridized carbons (Fsp3) is 0.0769. The molecule has 0 aliphatic carbocycles. The first-order valence-electron chi connectivity index (χ1n) is 5.67. The molecule has 0 atom stereocenters. The zero-order valence-electron chi connectivity index (χ0n) is 9.89. The molecular weight excluding hydrogens is 262 g/mol. The van der Waals surface area contributed by atoms with Crippen LogP contribution in [0, 0.1) is 11.3 Å². The molecule has 94 valence electrons. The number of nitrogens with two attached hydrogens (primary N) is 1.